The third-order valence-electron chi connectivity index (χ3n) is 5.09. The van der Waals surface area contributed by atoms with Crippen LogP contribution in [0.15, 0.2) is 18.2 Å². The number of nitrogens with zero attached hydrogens (tertiary/aromatic N) is 3. The summed E-state index contributed by atoms with van der Waals surface area (Å²) in [5.41, 5.74) is 6.36. The lowest BCUT2D eigenvalue weighted by Crippen LogP contribution is -2.31. The molecule has 2 heterocycles. The molecule has 22 heavy (non-hydrogen) atoms. The summed E-state index contributed by atoms with van der Waals surface area (Å²) in [6.07, 6.45) is 1.27. The molecule has 0 aliphatic carbocycles. The van der Waals surface area contributed by atoms with Crippen molar-refractivity contribution in [3.05, 3.63) is 40.6 Å². The normalized spacial score (nSPS) is 19.5. The van der Waals surface area contributed by atoms with Crippen LogP contribution in [0.2, 0.25) is 0 Å². The van der Waals surface area contributed by atoms with Gasteiger partial charge in [-0.1, -0.05) is 12.1 Å². The molecule has 0 radical (unpaired) electrons. The molecular weight excluding hydrogens is 270 g/mol. The lowest BCUT2D eigenvalue weighted by atomic mass is 10.0. The smallest absolute Gasteiger partial charge is 0.0740 e. The number of likely N-dealkylation sites (N-methyl/N-ethyl adjacent to an activating group) is 1. The van der Waals surface area contributed by atoms with Gasteiger partial charge in [0.1, 0.15) is 0 Å². The molecule has 1 fully saturated rings. The number of aryl methyl sites for hydroxylation is 3. The Morgan fingerprint density at radius 3 is 2.68 bits per heavy atom. The van der Waals surface area contributed by atoms with Crippen molar-refractivity contribution in [1.29, 1.82) is 0 Å². The fraction of sp³-hybridized carbons (Fsp3) is 0.526. The highest BCUT2D eigenvalue weighted by atomic mass is 15.2. The summed E-state index contributed by atoms with van der Waals surface area (Å²) < 4.78 is 0. The highest BCUT2D eigenvalue weighted by Crippen LogP contribution is 2.26. The van der Waals surface area contributed by atoms with Gasteiger partial charge >= 0.3 is 0 Å². The van der Waals surface area contributed by atoms with Gasteiger partial charge in [0, 0.05) is 36.8 Å². The first-order valence-corrected chi connectivity index (χ1v) is 8.21. The molecule has 3 heteroatoms. The number of hydrogen-bond acceptors (Lipinski definition) is 3. The van der Waals surface area contributed by atoms with E-state index in [2.05, 4.69) is 62.9 Å². The average molecular weight is 297 g/mol. The van der Waals surface area contributed by atoms with Crippen LogP contribution in [0.5, 0.6) is 0 Å². The van der Waals surface area contributed by atoms with Crippen LogP contribution in [0.1, 0.15) is 28.8 Å². The highest BCUT2D eigenvalue weighted by Gasteiger charge is 2.24. The number of hydrogen-bond donors (Lipinski definition) is 0. The maximum absolute atomic E-state index is 4.79. The summed E-state index contributed by atoms with van der Waals surface area (Å²) in [7, 11) is 4.37. The average Bonchev–Trinajstić information content (AvgIpc) is 2.92. The summed E-state index contributed by atoms with van der Waals surface area (Å²) in [5.74, 6) is 0. The topological polar surface area (TPSA) is 19.4 Å². The fourth-order valence-corrected chi connectivity index (χ4v) is 3.49. The van der Waals surface area contributed by atoms with Crippen molar-refractivity contribution >= 4 is 10.9 Å². The minimum Gasteiger partial charge on any atom is -0.305 e. The highest BCUT2D eigenvalue weighted by molar-refractivity contribution is 5.86. The van der Waals surface area contributed by atoms with Gasteiger partial charge in [0.15, 0.2) is 0 Å². The summed E-state index contributed by atoms with van der Waals surface area (Å²) in [6.45, 7) is 9.85. The van der Waals surface area contributed by atoms with E-state index in [1.807, 2.05) is 0 Å². The molecule has 3 nitrogen and oxygen atoms in total. The first-order valence-electron chi connectivity index (χ1n) is 8.21. The van der Waals surface area contributed by atoms with Crippen molar-refractivity contribution in [2.24, 2.45) is 0 Å². The van der Waals surface area contributed by atoms with E-state index in [9.17, 15) is 0 Å². The Kier molecular flexibility index (Phi) is 4.20. The molecule has 1 aliphatic rings. The Balaban J connectivity index is 1.93. The van der Waals surface area contributed by atoms with Crippen molar-refractivity contribution in [1.82, 2.24) is 14.8 Å². The zero-order valence-electron chi connectivity index (χ0n) is 14.5. The molecular formula is C19H27N3. The van der Waals surface area contributed by atoms with Crippen molar-refractivity contribution < 1.29 is 0 Å². The molecule has 3 rings (SSSR count). The summed E-state index contributed by atoms with van der Waals surface area (Å²) in [6, 6.07) is 7.43. The Morgan fingerprint density at radius 2 is 2.00 bits per heavy atom. The third-order valence-corrected chi connectivity index (χ3v) is 5.09. The number of likely N-dealkylation sites (tertiary alicyclic amines) is 1. The first kappa shape index (κ1) is 15.4. The van der Waals surface area contributed by atoms with E-state index in [1.54, 1.807) is 0 Å². The Bertz CT molecular complexity index is 691. The zero-order valence-corrected chi connectivity index (χ0v) is 14.5. The lowest BCUT2D eigenvalue weighted by molar-refractivity contribution is 0.265. The van der Waals surface area contributed by atoms with E-state index in [4.69, 9.17) is 4.98 Å². The molecule has 118 valence electrons. The molecule has 0 unspecified atom stereocenters. The molecule has 1 aliphatic heterocycles. The maximum Gasteiger partial charge on any atom is 0.0740 e. The molecule has 1 atom stereocenters. The van der Waals surface area contributed by atoms with Crippen LogP contribution in [0.25, 0.3) is 10.9 Å². The van der Waals surface area contributed by atoms with E-state index >= 15 is 0 Å². The molecule has 0 spiro atoms. The van der Waals surface area contributed by atoms with Gasteiger partial charge in [-0.3, -0.25) is 9.88 Å². The number of benzene rings is 1. The Labute approximate surface area is 133 Å². The van der Waals surface area contributed by atoms with Crippen LogP contribution < -0.4 is 0 Å². The van der Waals surface area contributed by atoms with Crippen molar-refractivity contribution in [3.8, 4) is 0 Å². The summed E-state index contributed by atoms with van der Waals surface area (Å²) in [5, 5.41) is 1.32. The van der Waals surface area contributed by atoms with E-state index in [1.165, 1.54) is 47.1 Å². The van der Waals surface area contributed by atoms with Crippen LogP contribution in [-0.4, -0.2) is 48.0 Å². The summed E-state index contributed by atoms with van der Waals surface area (Å²) >= 11 is 0. The largest absolute Gasteiger partial charge is 0.305 e. The van der Waals surface area contributed by atoms with Crippen molar-refractivity contribution in [2.75, 3.05) is 27.2 Å². The van der Waals surface area contributed by atoms with Crippen LogP contribution in [0, 0.1) is 20.8 Å². The predicted molar refractivity (Wildman–Crippen MR) is 93.3 cm³/mol. The van der Waals surface area contributed by atoms with Gasteiger partial charge in [0.25, 0.3) is 0 Å². The maximum atomic E-state index is 4.79. The standard InChI is InChI=1S/C19H27N3/c1-13-6-7-18-16(10-14(2)20-19(18)15(13)3)11-22-9-8-17(12-22)21(4)5/h6-7,10,17H,8-9,11-12H2,1-5H3/t17-/m1/s1. The SMILES string of the molecule is Cc1cc(CN2CC[C@@H](N(C)C)C2)c2ccc(C)c(C)c2n1. The van der Waals surface area contributed by atoms with Gasteiger partial charge < -0.3 is 4.90 Å². The first-order chi connectivity index (χ1) is 10.5. The number of aromatic nitrogens is 1. The molecule has 1 saturated heterocycles. The Hall–Kier alpha value is -1.45. The molecule has 1 aromatic carbocycles. The third kappa shape index (κ3) is 2.88. The molecule has 2 aromatic rings. The lowest BCUT2D eigenvalue weighted by Gasteiger charge is -2.21. The second-order valence-corrected chi connectivity index (χ2v) is 6.97. The van der Waals surface area contributed by atoms with E-state index < -0.39 is 0 Å². The van der Waals surface area contributed by atoms with Gasteiger partial charge in [0.05, 0.1) is 5.52 Å². The fourth-order valence-electron chi connectivity index (χ4n) is 3.49. The van der Waals surface area contributed by atoms with E-state index in [0.717, 1.165) is 12.2 Å². The van der Waals surface area contributed by atoms with Crippen LogP contribution in [-0.2, 0) is 6.54 Å². The molecule has 0 amide bonds. The van der Waals surface area contributed by atoms with E-state index in [0.29, 0.717) is 6.04 Å². The predicted octanol–water partition coefficient (Wildman–Crippen LogP) is 3.30. The number of fused-ring (bicyclic) bond motifs is 1. The van der Waals surface area contributed by atoms with Crippen LogP contribution in [0.3, 0.4) is 0 Å². The zero-order chi connectivity index (χ0) is 15.9. The minimum atomic E-state index is 0.693. The number of rotatable bonds is 3. The summed E-state index contributed by atoms with van der Waals surface area (Å²) in [4.78, 5) is 9.72. The molecule has 0 saturated carbocycles. The monoisotopic (exact) mass is 297 g/mol. The van der Waals surface area contributed by atoms with Crippen molar-refractivity contribution in [2.45, 2.75) is 39.8 Å². The van der Waals surface area contributed by atoms with Gasteiger partial charge in [-0.15, -0.1) is 0 Å². The van der Waals surface area contributed by atoms with Gasteiger partial charge in [-0.2, -0.15) is 0 Å². The second kappa shape index (κ2) is 5.98. The number of pyridine rings is 1. The van der Waals surface area contributed by atoms with Gasteiger partial charge in [-0.25, -0.2) is 0 Å². The van der Waals surface area contributed by atoms with Gasteiger partial charge in [-0.05, 0) is 64.0 Å². The molecule has 0 bridgehead atoms. The van der Waals surface area contributed by atoms with Crippen LogP contribution >= 0.6 is 0 Å². The molecule has 0 N–H and O–H groups in total. The quantitative estimate of drug-likeness (QED) is 0.866. The van der Waals surface area contributed by atoms with Gasteiger partial charge in [0.2, 0.25) is 0 Å². The van der Waals surface area contributed by atoms with Crippen molar-refractivity contribution in [3.63, 3.8) is 0 Å². The molecule has 1 aromatic heterocycles. The Morgan fingerprint density at radius 1 is 1.23 bits per heavy atom. The second-order valence-electron chi connectivity index (χ2n) is 6.97. The van der Waals surface area contributed by atoms with Crippen LogP contribution in [0.4, 0.5) is 0 Å². The van der Waals surface area contributed by atoms with E-state index in [-0.39, 0.29) is 0 Å². The minimum absolute atomic E-state index is 0.693.